The molecule has 0 fully saturated rings. The van der Waals surface area contributed by atoms with Crippen molar-refractivity contribution in [2.45, 2.75) is 33.3 Å². The van der Waals surface area contributed by atoms with Crippen LogP contribution in [0.1, 0.15) is 31.9 Å². The summed E-state index contributed by atoms with van der Waals surface area (Å²) in [5.74, 6) is -1.13. The third-order valence-electron chi connectivity index (χ3n) is 2.24. The van der Waals surface area contributed by atoms with Crippen LogP contribution < -0.4 is 0 Å². The highest BCUT2D eigenvalue weighted by molar-refractivity contribution is 5.88. The molecule has 1 rings (SSSR count). The predicted octanol–water partition coefficient (Wildman–Crippen LogP) is 2.89. The Balaban J connectivity index is 2.40. The average molecular weight is 276 g/mol. The summed E-state index contributed by atoms with van der Waals surface area (Å²) in [6.45, 7) is 6.87. The number of hydrogen-bond acceptors (Lipinski definition) is 4. The smallest absolute Gasteiger partial charge is 0.344 e. The molecule has 1 aromatic rings. The summed E-state index contributed by atoms with van der Waals surface area (Å²) in [6.07, 6.45) is 2.92. The topological polar surface area (TPSA) is 52.6 Å². The van der Waals surface area contributed by atoms with Crippen LogP contribution in [-0.2, 0) is 19.1 Å². The second-order valence-corrected chi connectivity index (χ2v) is 5.44. The summed E-state index contributed by atoms with van der Waals surface area (Å²) in [4.78, 5) is 22.8. The lowest BCUT2D eigenvalue weighted by Crippen LogP contribution is -2.27. The van der Waals surface area contributed by atoms with Gasteiger partial charge in [-0.2, -0.15) is 0 Å². The molecule has 0 atom stereocenters. The maximum atomic E-state index is 11.4. The quantitative estimate of drug-likeness (QED) is 0.627. The Morgan fingerprint density at radius 1 is 1.15 bits per heavy atom. The van der Waals surface area contributed by atoms with Crippen molar-refractivity contribution < 1.29 is 19.1 Å². The van der Waals surface area contributed by atoms with Crippen LogP contribution in [0, 0.1) is 6.92 Å². The first kappa shape index (κ1) is 16.0. The number of benzene rings is 1. The van der Waals surface area contributed by atoms with E-state index in [9.17, 15) is 9.59 Å². The third-order valence-corrected chi connectivity index (χ3v) is 2.24. The second-order valence-electron chi connectivity index (χ2n) is 5.44. The molecule has 0 amide bonds. The second kappa shape index (κ2) is 6.89. The van der Waals surface area contributed by atoms with Crippen molar-refractivity contribution >= 4 is 18.0 Å². The lowest BCUT2D eigenvalue weighted by molar-refractivity contribution is -0.164. The number of carbonyl (C=O) groups is 2. The Bertz CT molecular complexity index is 492. The van der Waals surface area contributed by atoms with Gasteiger partial charge in [-0.1, -0.05) is 29.8 Å². The van der Waals surface area contributed by atoms with Gasteiger partial charge in [-0.05, 0) is 39.3 Å². The monoisotopic (exact) mass is 276 g/mol. The van der Waals surface area contributed by atoms with Gasteiger partial charge in [0.2, 0.25) is 0 Å². The minimum Gasteiger partial charge on any atom is -0.457 e. The number of esters is 2. The summed E-state index contributed by atoms with van der Waals surface area (Å²) in [5.41, 5.74) is 1.46. The van der Waals surface area contributed by atoms with Crippen molar-refractivity contribution in [2.75, 3.05) is 6.61 Å². The molecule has 0 bridgehead atoms. The largest absolute Gasteiger partial charge is 0.457 e. The highest BCUT2D eigenvalue weighted by Crippen LogP contribution is 2.07. The Hall–Kier alpha value is -2.10. The maximum absolute atomic E-state index is 11.4. The molecule has 0 radical (unpaired) electrons. The standard InChI is InChI=1S/C16H20O4/c1-12-5-7-13(8-6-12)9-10-14(17)19-11-15(18)20-16(2,3)4/h5-10H,11H2,1-4H3/b10-9+. The fraction of sp³-hybridized carbons (Fsp3) is 0.375. The molecule has 0 aliphatic rings. The molecule has 20 heavy (non-hydrogen) atoms. The van der Waals surface area contributed by atoms with Crippen molar-refractivity contribution in [2.24, 2.45) is 0 Å². The first-order chi connectivity index (χ1) is 9.26. The molecule has 0 saturated heterocycles. The SMILES string of the molecule is Cc1ccc(/C=C/C(=O)OCC(=O)OC(C)(C)C)cc1. The normalized spacial score (nSPS) is 11.4. The fourth-order valence-corrected chi connectivity index (χ4v) is 1.39. The van der Waals surface area contributed by atoms with E-state index < -0.39 is 17.5 Å². The molecule has 0 spiro atoms. The zero-order valence-electron chi connectivity index (χ0n) is 12.3. The molecule has 0 saturated carbocycles. The van der Waals surface area contributed by atoms with Crippen molar-refractivity contribution in [3.8, 4) is 0 Å². The van der Waals surface area contributed by atoms with Gasteiger partial charge in [-0.25, -0.2) is 9.59 Å². The lowest BCUT2D eigenvalue weighted by atomic mass is 10.1. The molecule has 108 valence electrons. The molecular weight excluding hydrogens is 256 g/mol. The number of hydrogen-bond donors (Lipinski definition) is 0. The highest BCUT2D eigenvalue weighted by Gasteiger charge is 2.16. The number of carbonyl (C=O) groups excluding carboxylic acids is 2. The molecule has 0 N–H and O–H groups in total. The minimum atomic E-state index is -0.582. The summed E-state index contributed by atoms with van der Waals surface area (Å²) in [6, 6.07) is 7.69. The molecular formula is C16H20O4. The van der Waals surface area contributed by atoms with Crippen LogP contribution in [0.3, 0.4) is 0 Å². The Labute approximate surface area is 119 Å². The molecule has 4 heteroatoms. The predicted molar refractivity (Wildman–Crippen MR) is 77.0 cm³/mol. The van der Waals surface area contributed by atoms with E-state index in [1.807, 2.05) is 31.2 Å². The zero-order chi connectivity index (χ0) is 15.2. The van der Waals surface area contributed by atoms with Crippen molar-refractivity contribution in [3.63, 3.8) is 0 Å². The third kappa shape index (κ3) is 6.73. The summed E-state index contributed by atoms with van der Waals surface area (Å²) in [7, 11) is 0. The zero-order valence-corrected chi connectivity index (χ0v) is 12.3. The van der Waals surface area contributed by atoms with Crippen molar-refractivity contribution in [1.82, 2.24) is 0 Å². The fourth-order valence-electron chi connectivity index (χ4n) is 1.39. The summed E-state index contributed by atoms with van der Waals surface area (Å²) in [5, 5.41) is 0. The molecule has 0 unspecified atom stereocenters. The molecule has 0 heterocycles. The van der Waals surface area contributed by atoms with Crippen molar-refractivity contribution in [3.05, 3.63) is 41.5 Å². The first-order valence-corrected chi connectivity index (χ1v) is 6.39. The van der Waals surface area contributed by atoms with Gasteiger partial charge < -0.3 is 9.47 Å². The summed E-state index contributed by atoms with van der Waals surface area (Å²) >= 11 is 0. The van der Waals surface area contributed by atoms with Crippen molar-refractivity contribution in [1.29, 1.82) is 0 Å². The van der Waals surface area contributed by atoms with Gasteiger partial charge in [0.25, 0.3) is 0 Å². The van der Waals surface area contributed by atoms with E-state index in [4.69, 9.17) is 9.47 Å². The van der Waals surface area contributed by atoms with Crippen LogP contribution in [0.15, 0.2) is 30.3 Å². The van der Waals surface area contributed by atoms with E-state index in [0.717, 1.165) is 11.1 Å². The minimum absolute atomic E-state index is 0.381. The van der Waals surface area contributed by atoms with E-state index in [0.29, 0.717) is 0 Å². The number of rotatable bonds is 4. The number of aryl methyl sites for hydroxylation is 1. The lowest BCUT2D eigenvalue weighted by Gasteiger charge is -2.19. The molecule has 0 aliphatic heterocycles. The van der Waals surface area contributed by atoms with Gasteiger partial charge in [0.05, 0.1) is 0 Å². The van der Waals surface area contributed by atoms with E-state index >= 15 is 0 Å². The molecule has 4 nitrogen and oxygen atoms in total. The van der Waals surface area contributed by atoms with Crippen LogP contribution in [0.5, 0.6) is 0 Å². The Morgan fingerprint density at radius 2 is 1.75 bits per heavy atom. The van der Waals surface area contributed by atoms with Gasteiger partial charge in [0.1, 0.15) is 5.60 Å². The van der Waals surface area contributed by atoms with E-state index in [1.54, 1.807) is 26.8 Å². The molecule has 0 aromatic heterocycles. The van der Waals surface area contributed by atoms with Gasteiger partial charge >= 0.3 is 11.9 Å². The molecule has 0 aliphatic carbocycles. The highest BCUT2D eigenvalue weighted by atomic mass is 16.6. The van der Waals surface area contributed by atoms with E-state index in [-0.39, 0.29) is 6.61 Å². The maximum Gasteiger partial charge on any atom is 0.344 e. The van der Waals surface area contributed by atoms with E-state index in [2.05, 4.69) is 0 Å². The molecule has 1 aromatic carbocycles. The number of ether oxygens (including phenoxy) is 2. The van der Waals surface area contributed by atoms with Crippen LogP contribution >= 0.6 is 0 Å². The van der Waals surface area contributed by atoms with Crippen LogP contribution in [0.4, 0.5) is 0 Å². The van der Waals surface area contributed by atoms with Crippen LogP contribution in [0.25, 0.3) is 6.08 Å². The van der Waals surface area contributed by atoms with Gasteiger partial charge in [-0.15, -0.1) is 0 Å². The van der Waals surface area contributed by atoms with E-state index in [1.165, 1.54) is 6.08 Å². The first-order valence-electron chi connectivity index (χ1n) is 6.39. The van der Waals surface area contributed by atoms with Gasteiger partial charge in [0, 0.05) is 6.08 Å². The van der Waals surface area contributed by atoms with Crippen LogP contribution in [0.2, 0.25) is 0 Å². The van der Waals surface area contributed by atoms with Gasteiger partial charge in [-0.3, -0.25) is 0 Å². The summed E-state index contributed by atoms with van der Waals surface area (Å²) < 4.78 is 9.82. The Kier molecular flexibility index (Phi) is 5.50. The van der Waals surface area contributed by atoms with Gasteiger partial charge in [0.15, 0.2) is 6.61 Å². The van der Waals surface area contributed by atoms with Crippen LogP contribution in [-0.4, -0.2) is 24.1 Å². The Morgan fingerprint density at radius 3 is 2.30 bits per heavy atom. The average Bonchev–Trinajstić information content (AvgIpc) is 2.33.